The summed E-state index contributed by atoms with van der Waals surface area (Å²) in [4.78, 5) is 12.2. The van der Waals surface area contributed by atoms with Crippen molar-refractivity contribution in [2.24, 2.45) is 5.92 Å². The van der Waals surface area contributed by atoms with E-state index >= 15 is 0 Å². The highest BCUT2D eigenvalue weighted by atomic mass is 16.1. The maximum atomic E-state index is 12.2. The van der Waals surface area contributed by atoms with Crippen LogP contribution in [0.4, 0.5) is 0 Å². The SMILES string of the molecule is CNCCc1ccccc1C(=O)NC(C)C(C)C. The molecule has 2 N–H and O–H groups in total. The van der Waals surface area contributed by atoms with E-state index in [4.69, 9.17) is 0 Å². The highest BCUT2D eigenvalue weighted by molar-refractivity contribution is 5.95. The highest BCUT2D eigenvalue weighted by Crippen LogP contribution is 2.10. The molecule has 0 spiro atoms. The Bertz CT molecular complexity index is 388. The van der Waals surface area contributed by atoms with E-state index in [1.165, 1.54) is 0 Å². The molecule has 0 heterocycles. The summed E-state index contributed by atoms with van der Waals surface area (Å²) in [6, 6.07) is 8.00. The summed E-state index contributed by atoms with van der Waals surface area (Å²) in [5.41, 5.74) is 1.89. The molecule has 1 rings (SSSR count). The molecule has 0 saturated heterocycles. The third-order valence-corrected chi connectivity index (χ3v) is 3.27. The van der Waals surface area contributed by atoms with Crippen LogP contribution in [0, 0.1) is 5.92 Å². The van der Waals surface area contributed by atoms with Gasteiger partial charge in [-0.1, -0.05) is 32.0 Å². The van der Waals surface area contributed by atoms with Crippen LogP contribution in [0.2, 0.25) is 0 Å². The van der Waals surface area contributed by atoms with Crippen LogP contribution in [0.1, 0.15) is 36.7 Å². The lowest BCUT2D eigenvalue weighted by Gasteiger charge is -2.18. The lowest BCUT2D eigenvalue weighted by atomic mass is 10.0. The Balaban J connectivity index is 2.78. The van der Waals surface area contributed by atoms with Crippen molar-refractivity contribution >= 4 is 5.91 Å². The van der Waals surface area contributed by atoms with E-state index in [0.717, 1.165) is 24.1 Å². The third-order valence-electron chi connectivity index (χ3n) is 3.27. The quantitative estimate of drug-likeness (QED) is 0.810. The molecule has 100 valence electrons. The zero-order chi connectivity index (χ0) is 13.5. The van der Waals surface area contributed by atoms with Crippen molar-refractivity contribution in [1.29, 1.82) is 0 Å². The van der Waals surface area contributed by atoms with Gasteiger partial charge in [-0.05, 0) is 44.5 Å². The Labute approximate surface area is 110 Å². The van der Waals surface area contributed by atoms with Gasteiger partial charge in [0.1, 0.15) is 0 Å². The minimum atomic E-state index is 0.0305. The van der Waals surface area contributed by atoms with E-state index in [0.29, 0.717) is 5.92 Å². The number of carbonyl (C=O) groups is 1. The van der Waals surface area contributed by atoms with Crippen molar-refractivity contribution in [3.05, 3.63) is 35.4 Å². The van der Waals surface area contributed by atoms with Gasteiger partial charge in [-0.3, -0.25) is 4.79 Å². The van der Waals surface area contributed by atoms with Crippen LogP contribution in [0.25, 0.3) is 0 Å². The van der Waals surface area contributed by atoms with Gasteiger partial charge in [-0.25, -0.2) is 0 Å². The van der Waals surface area contributed by atoms with Crippen molar-refractivity contribution in [3.8, 4) is 0 Å². The molecule has 0 aliphatic carbocycles. The second kappa shape index (κ2) is 7.17. The summed E-state index contributed by atoms with van der Waals surface area (Å²) in [5.74, 6) is 0.473. The summed E-state index contributed by atoms with van der Waals surface area (Å²) in [5, 5.41) is 6.16. The largest absolute Gasteiger partial charge is 0.349 e. The lowest BCUT2D eigenvalue weighted by molar-refractivity contribution is 0.0929. The first kappa shape index (κ1) is 14.7. The predicted octanol–water partition coefficient (Wildman–Crippen LogP) is 2.22. The normalized spacial score (nSPS) is 12.5. The molecular weight excluding hydrogens is 224 g/mol. The number of hydrogen-bond acceptors (Lipinski definition) is 2. The van der Waals surface area contributed by atoms with Crippen LogP contribution in [-0.4, -0.2) is 25.5 Å². The van der Waals surface area contributed by atoms with E-state index in [1.54, 1.807) is 0 Å². The van der Waals surface area contributed by atoms with Gasteiger partial charge in [0.2, 0.25) is 0 Å². The van der Waals surface area contributed by atoms with E-state index in [1.807, 2.05) is 38.2 Å². The molecule has 1 amide bonds. The minimum absolute atomic E-state index is 0.0305. The summed E-state index contributed by atoms with van der Waals surface area (Å²) in [6.45, 7) is 7.14. The molecule has 1 atom stereocenters. The Kier molecular flexibility index (Phi) is 5.86. The Hall–Kier alpha value is -1.35. The Morgan fingerprint density at radius 2 is 1.89 bits per heavy atom. The first-order valence-corrected chi connectivity index (χ1v) is 6.59. The number of benzene rings is 1. The first-order chi connectivity index (χ1) is 8.56. The van der Waals surface area contributed by atoms with Crippen LogP contribution >= 0.6 is 0 Å². The average molecular weight is 248 g/mol. The van der Waals surface area contributed by atoms with Crippen molar-refractivity contribution in [2.75, 3.05) is 13.6 Å². The minimum Gasteiger partial charge on any atom is -0.349 e. The van der Waals surface area contributed by atoms with Gasteiger partial charge in [-0.2, -0.15) is 0 Å². The Morgan fingerprint density at radius 3 is 2.50 bits per heavy atom. The first-order valence-electron chi connectivity index (χ1n) is 6.59. The molecular formula is C15H24N2O. The zero-order valence-electron chi connectivity index (χ0n) is 11.8. The molecule has 0 fully saturated rings. The monoisotopic (exact) mass is 248 g/mol. The average Bonchev–Trinajstić information content (AvgIpc) is 2.36. The van der Waals surface area contributed by atoms with Gasteiger partial charge in [-0.15, -0.1) is 0 Å². The molecule has 1 unspecified atom stereocenters. The van der Waals surface area contributed by atoms with Gasteiger partial charge in [0.05, 0.1) is 0 Å². The van der Waals surface area contributed by atoms with Crippen LogP contribution in [0.3, 0.4) is 0 Å². The number of hydrogen-bond donors (Lipinski definition) is 2. The van der Waals surface area contributed by atoms with Crippen LogP contribution < -0.4 is 10.6 Å². The maximum Gasteiger partial charge on any atom is 0.251 e. The fourth-order valence-electron chi connectivity index (χ4n) is 1.67. The summed E-state index contributed by atoms with van der Waals surface area (Å²) in [6.07, 6.45) is 0.871. The fourth-order valence-corrected chi connectivity index (χ4v) is 1.67. The summed E-state index contributed by atoms with van der Waals surface area (Å²) < 4.78 is 0. The molecule has 0 aliphatic heterocycles. The second-order valence-electron chi connectivity index (χ2n) is 5.02. The van der Waals surface area contributed by atoms with E-state index in [9.17, 15) is 4.79 Å². The van der Waals surface area contributed by atoms with E-state index in [-0.39, 0.29) is 11.9 Å². The molecule has 18 heavy (non-hydrogen) atoms. The summed E-state index contributed by atoms with van der Waals surface area (Å²) >= 11 is 0. The fraction of sp³-hybridized carbons (Fsp3) is 0.533. The van der Waals surface area contributed by atoms with Crippen LogP contribution in [0.15, 0.2) is 24.3 Å². The van der Waals surface area contributed by atoms with Crippen molar-refractivity contribution in [1.82, 2.24) is 10.6 Å². The number of amides is 1. The molecule has 3 nitrogen and oxygen atoms in total. The number of carbonyl (C=O) groups excluding carboxylic acids is 1. The number of nitrogens with one attached hydrogen (secondary N) is 2. The van der Waals surface area contributed by atoms with Gasteiger partial charge < -0.3 is 10.6 Å². The maximum absolute atomic E-state index is 12.2. The molecule has 0 aromatic heterocycles. The van der Waals surface area contributed by atoms with Gasteiger partial charge in [0, 0.05) is 11.6 Å². The zero-order valence-corrected chi connectivity index (χ0v) is 11.8. The van der Waals surface area contributed by atoms with Crippen molar-refractivity contribution < 1.29 is 4.79 Å². The van der Waals surface area contributed by atoms with Crippen molar-refractivity contribution in [2.45, 2.75) is 33.2 Å². The summed E-state index contributed by atoms with van der Waals surface area (Å²) in [7, 11) is 1.92. The predicted molar refractivity (Wildman–Crippen MR) is 75.8 cm³/mol. The highest BCUT2D eigenvalue weighted by Gasteiger charge is 2.14. The lowest BCUT2D eigenvalue weighted by Crippen LogP contribution is -2.36. The molecule has 0 aliphatic rings. The van der Waals surface area contributed by atoms with Gasteiger partial charge >= 0.3 is 0 Å². The topological polar surface area (TPSA) is 41.1 Å². The van der Waals surface area contributed by atoms with Crippen LogP contribution in [-0.2, 0) is 6.42 Å². The molecule has 0 bridgehead atoms. The Morgan fingerprint density at radius 1 is 1.22 bits per heavy atom. The molecule has 1 aromatic rings. The number of likely N-dealkylation sites (N-methyl/N-ethyl adjacent to an activating group) is 1. The third kappa shape index (κ3) is 4.15. The van der Waals surface area contributed by atoms with Crippen molar-refractivity contribution in [3.63, 3.8) is 0 Å². The van der Waals surface area contributed by atoms with Gasteiger partial charge in [0.25, 0.3) is 5.91 Å². The molecule has 0 radical (unpaired) electrons. The molecule has 0 saturated carbocycles. The molecule has 1 aromatic carbocycles. The van der Waals surface area contributed by atoms with E-state index in [2.05, 4.69) is 24.5 Å². The molecule has 3 heteroatoms. The smallest absolute Gasteiger partial charge is 0.251 e. The standard InChI is InChI=1S/C15H24N2O/c1-11(2)12(3)17-15(18)14-8-6-5-7-13(14)9-10-16-4/h5-8,11-12,16H,9-10H2,1-4H3,(H,17,18). The number of rotatable bonds is 6. The van der Waals surface area contributed by atoms with Crippen LogP contribution in [0.5, 0.6) is 0 Å². The van der Waals surface area contributed by atoms with E-state index < -0.39 is 0 Å². The second-order valence-corrected chi connectivity index (χ2v) is 5.02. The van der Waals surface area contributed by atoms with Gasteiger partial charge in [0.15, 0.2) is 0 Å².